The van der Waals surface area contributed by atoms with E-state index in [0.29, 0.717) is 61.5 Å². The molecule has 3 aromatic rings. The summed E-state index contributed by atoms with van der Waals surface area (Å²) in [5.41, 5.74) is 1.74. The average Bonchev–Trinajstić information content (AvgIpc) is 3.07. The van der Waals surface area contributed by atoms with Crippen molar-refractivity contribution >= 4 is 33.4 Å². The van der Waals surface area contributed by atoms with E-state index < -0.39 is 22.0 Å². The maximum atomic E-state index is 13.4. The molecule has 11 nitrogen and oxygen atoms in total. The molecule has 1 aliphatic rings. The van der Waals surface area contributed by atoms with Crippen LogP contribution in [0.5, 0.6) is 17.2 Å². The molecule has 0 radical (unpaired) electrons. The predicted octanol–water partition coefficient (Wildman–Crippen LogP) is 3.53. The number of amides is 2. The van der Waals surface area contributed by atoms with Crippen LogP contribution in [-0.2, 0) is 37.3 Å². The lowest BCUT2D eigenvalue weighted by molar-refractivity contribution is -0.142. The summed E-state index contributed by atoms with van der Waals surface area (Å²) in [5.74, 6) is 0.796. The Morgan fingerprint density at radius 2 is 1.60 bits per heavy atom. The molecule has 45 heavy (non-hydrogen) atoms. The minimum atomic E-state index is -3.66. The molecule has 1 saturated heterocycles. The first-order valence-corrected chi connectivity index (χ1v) is 16.3. The van der Waals surface area contributed by atoms with Gasteiger partial charge in [0.15, 0.2) is 18.1 Å². The number of methoxy groups -OCH3 is 2. The van der Waals surface area contributed by atoms with Crippen molar-refractivity contribution in [1.29, 1.82) is 0 Å². The minimum Gasteiger partial charge on any atom is -0.493 e. The van der Waals surface area contributed by atoms with Gasteiger partial charge in [-0.1, -0.05) is 29.8 Å². The van der Waals surface area contributed by atoms with E-state index in [1.54, 1.807) is 45.4 Å². The number of rotatable bonds is 14. The number of carbonyl (C=O) groups excluding carboxylic acids is 2. The van der Waals surface area contributed by atoms with E-state index in [-0.39, 0.29) is 24.0 Å². The summed E-state index contributed by atoms with van der Waals surface area (Å²) >= 11 is 6.04. The fraction of sp³-hybridized carbons (Fsp3) is 0.375. The molecule has 1 aliphatic heterocycles. The van der Waals surface area contributed by atoms with Gasteiger partial charge in [-0.3, -0.25) is 9.59 Å². The summed E-state index contributed by atoms with van der Waals surface area (Å²) in [6, 6.07) is 17.7. The molecule has 0 aliphatic carbocycles. The van der Waals surface area contributed by atoms with E-state index in [0.717, 1.165) is 11.1 Å². The number of carbonyl (C=O) groups is 2. The van der Waals surface area contributed by atoms with Crippen LogP contribution in [0.2, 0.25) is 5.02 Å². The first-order valence-electron chi connectivity index (χ1n) is 14.5. The second kappa shape index (κ2) is 15.9. The number of benzene rings is 3. The Hall–Kier alpha value is -3.84. The van der Waals surface area contributed by atoms with E-state index >= 15 is 0 Å². The van der Waals surface area contributed by atoms with Gasteiger partial charge in [-0.05, 0) is 73.0 Å². The molecule has 242 valence electrons. The van der Waals surface area contributed by atoms with Crippen LogP contribution >= 0.6 is 11.6 Å². The highest BCUT2D eigenvalue weighted by Gasteiger charge is 2.28. The zero-order valence-electron chi connectivity index (χ0n) is 25.5. The van der Waals surface area contributed by atoms with E-state index in [1.807, 2.05) is 18.2 Å². The molecule has 0 saturated carbocycles. The first kappa shape index (κ1) is 34.0. The second-order valence-electron chi connectivity index (χ2n) is 10.3. The van der Waals surface area contributed by atoms with Gasteiger partial charge < -0.3 is 29.2 Å². The third-order valence-corrected chi connectivity index (χ3v) is 9.55. The monoisotopic (exact) mass is 659 g/mol. The third-order valence-electron chi connectivity index (χ3n) is 7.39. The van der Waals surface area contributed by atoms with Crippen LogP contribution in [-0.4, -0.2) is 89.2 Å². The lowest BCUT2D eigenvalue weighted by atomic mass is 10.1. The fourth-order valence-electron chi connectivity index (χ4n) is 4.75. The van der Waals surface area contributed by atoms with Crippen LogP contribution in [0.3, 0.4) is 0 Å². The van der Waals surface area contributed by atoms with E-state index in [4.69, 9.17) is 30.5 Å². The van der Waals surface area contributed by atoms with E-state index in [2.05, 4.69) is 5.32 Å². The molecule has 1 fully saturated rings. The van der Waals surface area contributed by atoms with Crippen LogP contribution < -0.4 is 19.5 Å². The summed E-state index contributed by atoms with van der Waals surface area (Å²) in [5, 5.41) is 3.47. The zero-order valence-corrected chi connectivity index (χ0v) is 27.1. The summed E-state index contributed by atoms with van der Waals surface area (Å²) < 4.78 is 48.8. The Bertz CT molecular complexity index is 1550. The van der Waals surface area contributed by atoms with Crippen LogP contribution in [0.25, 0.3) is 0 Å². The number of hydrogen-bond donors (Lipinski definition) is 1. The molecule has 1 N–H and O–H groups in total. The van der Waals surface area contributed by atoms with Crippen molar-refractivity contribution in [3.05, 3.63) is 82.9 Å². The highest BCUT2D eigenvalue weighted by molar-refractivity contribution is 7.89. The van der Waals surface area contributed by atoms with Gasteiger partial charge in [-0.15, -0.1) is 0 Å². The van der Waals surface area contributed by atoms with Crippen LogP contribution in [0.15, 0.2) is 71.6 Å². The number of morpholine rings is 1. The van der Waals surface area contributed by atoms with Crippen molar-refractivity contribution in [2.24, 2.45) is 0 Å². The molecule has 0 bridgehead atoms. The van der Waals surface area contributed by atoms with Gasteiger partial charge in [0, 0.05) is 31.2 Å². The maximum absolute atomic E-state index is 13.4. The first-order chi connectivity index (χ1) is 21.6. The van der Waals surface area contributed by atoms with Gasteiger partial charge in [0.1, 0.15) is 11.8 Å². The molecule has 2 amide bonds. The molecule has 4 rings (SSSR count). The summed E-state index contributed by atoms with van der Waals surface area (Å²) in [6.45, 7) is 3.09. The molecular formula is C32H38ClN3O8S. The average molecular weight is 660 g/mol. The highest BCUT2D eigenvalue weighted by atomic mass is 35.5. The smallest absolute Gasteiger partial charge is 0.261 e. The van der Waals surface area contributed by atoms with Crippen LogP contribution in [0, 0.1) is 0 Å². The summed E-state index contributed by atoms with van der Waals surface area (Å²) in [6.07, 6.45) is 0.546. The maximum Gasteiger partial charge on any atom is 0.261 e. The zero-order chi connectivity index (χ0) is 32.4. The minimum absolute atomic E-state index is 0.130. The number of nitrogens with one attached hydrogen (secondary N) is 1. The van der Waals surface area contributed by atoms with Gasteiger partial charge in [-0.2, -0.15) is 4.31 Å². The summed E-state index contributed by atoms with van der Waals surface area (Å²) in [4.78, 5) is 28.2. The lowest BCUT2D eigenvalue weighted by Gasteiger charge is -2.29. The van der Waals surface area contributed by atoms with Gasteiger partial charge in [0.2, 0.25) is 15.9 Å². The molecule has 13 heteroatoms. The molecule has 0 spiro atoms. The van der Waals surface area contributed by atoms with Crippen molar-refractivity contribution < 1.29 is 37.0 Å². The molecular weight excluding hydrogens is 622 g/mol. The van der Waals surface area contributed by atoms with Crippen LogP contribution in [0.4, 0.5) is 0 Å². The number of ether oxygens (including phenoxy) is 4. The fourth-order valence-corrected chi connectivity index (χ4v) is 6.29. The standard InChI is InChI=1S/C32H38ClN3O8S/c1-23(32(38)34-15-14-24-6-13-29(41-2)30(20-24)42-3)36(21-25-4-7-26(33)8-5-25)31(37)22-44-27-9-11-28(12-10-27)45(39,40)35-16-18-43-19-17-35/h4-13,20,23H,14-19,21-22H2,1-3H3,(H,34,38)/t23-/m0/s1. The quantitative estimate of drug-likeness (QED) is 0.279. The van der Waals surface area contributed by atoms with Gasteiger partial charge in [0.05, 0.1) is 32.3 Å². The third kappa shape index (κ3) is 9.10. The number of nitrogens with zero attached hydrogens (tertiary/aromatic N) is 2. The topological polar surface area (TPSA) is 124 Å². The molecule has 1 heterocycles. The highest BCUT2D eigenvalue weighted by Crippen LogP contribution is 2.27. The Morgan fingerprint density at radius 3 is 2.24 bits per heavy atom. The lowest BCUT2D eigenvalue weighted by Crippen LogP contribution is -2.49. The van der Waals surface area contributed by atoms with Crippen molar-refractivity contribution in [3.8, 4) is 17.2 Å². The van der Waals surface area contributed by atoms with Gasteiger partial charge in [0.25, 0.3) is 5.91 Å². The SMILES string of the molecule is COc1ccc(CCNC(=O)[C@H](C)N(Cc2ccc(Cl)cc2)C(=O)COc2ccc(S(=O)(=O)N3CCOCC3)cc2)cc1OC. The number of sulfonamides is 1. The predicted molar refractivity (Wildman–Crippen MR) is 169 cm³/mol. The molecule has 0 aromatic heterocycles. The Labute approximate surface area is 269 Å². The van der Waals surface area contributed by atoms with Crippen molar-refractivity contribution in [3.63, 3.8) is 0 Å². The van der Waals surface area contributed by atoms with Crippen molar-refractivity contribution in [1.82, 2.24) is 14.5 Å². The molecule has 0 unspecified atom stereocenters. The van der Waals surface area contributed by atoms with E-state index in [9.17, 15) is 18.0 Å². The molecule has 3 aromatic carbocycles. The van der Waals surface area contributed by atoms with E-state index in [1.165, 1.54) is 33.5 Å². The van der Waals surface area contributed by atoms with Gasteiger partial charge in [-0.25, -0.2) is 8.42 Å². The van der Waals surface area contributed by atoms with Crippen molar-refractivity contribution in [2.45, 2.75) is 30.8 Å². The number of halogens is 1. The number of hydrogen-bond acceptors (Lipinski definition) is 8. The second-order valence-corrected chi connectivity index (χ2v) is 12.7. The molecule has 1 atom stereocenters. The normalized spacial score (nSPS) is 14.3. The Balaban J connectivity index is 1.39. The van der Waals surface area contributed by atoms with Crippen LogP contribution in [0.1, 0.15) is 18.1 Å². The summed E-state index contributed by atoms with van der Waals surface area (Å²) in [7, 11) is -0.528. The van der Waals surface area contributed by atoms with Gasteiger partial charge >= 0.3 is 0 Å². The van der Waals surface area contributed by atoms with Crippen molar-refractivity contribution in [2.75, 3.05) is 53.7 Å². The Morgan fingerprint density at radius 1 is 0.956 bits per heavy atom. The largest absolute Gasteiger partial charge is 0.493 e. The Kier molecular flexibility index (Phi) is 12.1.